The first-order valence-corrected chi connectivity index (χ1v) is 18.7. The molecule has 54 heavy (non-hydrogen) atoms. The topological polar surface area (TPSA) is 3.24 Å². The lowest BCUT2D eigenvalue weighted by molar-refractivity contribution is 0.768. The third-order valence-corrected chi connectivity index (χ3v) is 11.1. The Kier molecular flexibility index (Phi) is 7.78. The molecule has 0 bridgehead atoms. The molecule has 0 atom stereocenters. The molecule has 1 nitrogen and oxygen atoms in total. The molecular weight excluding hydrogens is 651 g/mol. The van der Waals surface area contributed by atoms with Crippen LogP contribution in [0.5, 0.6) is 0 Å². The van der Waals surface area contributed by atoms with Crippen LogP contribution < -0.4 is 4.90 Å². The highest BCUT2D eigenvalue weighted by atomic mass is 15.1. The largest absolute Gasteiger partial charge is 0.310 e. The van der Waals surface area contributed by atoms with Gasteiger partial charge in [0.2, 0.25) is 0 Å². The highest BCUT2D eigenvalue weighted by Gasteiger charge is 2.47. The van der Waals surface area contributed by atoms with Crippen molar-refractivity contribution in [1.29, 1.82) is 0 Å². The van der Waals surface area contributed by atoms with Gasteiger partial charge in [-0.15, -0.1) is 0 Å². The fourth-order valence-corrected chi connectivity index (χ4v) is 8.72. The van der Waals surface area contributed by atoms with Gasteiger partial charge in [0.25, 0.3) is 0 Å². The van der Waals surface area contributed by atoms with E-state index in [4.69, 9.17) is 0 Å². The second-order valence-corrected chi connectivity index (χ2v) is 14.1. The van der Waals surface area contributed by atoms with Crippen LogP contribution in [0.15, 0.2) is 224 Å². The van der Waals surface area contributed by atoms with Crippen molar-refractivity contribution >= 4 is 27.8 Å². The van der Waals surface area contributed by atoms with Crippen molar-refractivity contribution in [1.82, 2.24) is 0 Å². The molecule has 0 unspecified atom stereocenters. The average Bonchev–Trinajstić information content (AvgIpc) is 3.57. The second-order valence-electron chi connectivity index (χ2n) is 14.1. The molecule has 1 heteroatoms. The van der Waals surface area contributed by atoms with Crippen LogP contribution in [0.25, 0.3) is 44.2 Å². The minimum absolute atomic E-state index is 0.479. The fraction of sp³-hybridized carbons (Fsp3) is 0.0189. The van der Waals surface area contributed by atoms with Crippen LogP contribution in [0.2, 0.25) is 0 Å². The van der Waals surface area contributed by atoms with Crippen LogP contribution in [0.4, 0.5) is 17.1 Å². The van der Waals surface area contributed by atoms with E-state index < -0.39 is 5.41 Å². The molecule has 10 rings (SSSR count). The zero-order chi connectivity index (χ0) is 35.9. The summed E-state index contributed by atoms with van der Waals surface area (Å²) < 4.78 is 0. The van der Waals surface area contributed by atoms with E-state index in [1.54, 1.807) is 0 Å². The van der Waals surface area contributed by atoms with Crippen molar-refractivity contribution in [2.45, 2.75) is 5.41 Å². The Labute approximate surface area is 317 Å². The Morgan fingerprint density at radius 1 is 0.315 bits per heavy atom. The normalized spacial score (nSPS) is 12.6. The van der Waals surface area contributed by atoms with E-state index in [2.05, 4.69) is 229 Å². The Bertz CT molecular complexity index is 2710. The molecule has 0 saturated heterocycles. The number of fused-ring (bicyclic) bond motifs is 4. The molecular formula is C53H37N. The second kappa shape index (κ2) is 13.2. The van der Waals surface area contributed by atoms with Gasteiger partial charge in [0, 0.05) is 16.9 Å². The number of hydrogen-bond donors (Lipinski definition) is 0. The number of hydrogen-bond acceptors (Lipinski definition) is 1. The lowest BCUT2D eigenvalue weighted by Crippen LogP contribution is -2.28. The molecule has 0 fully saturated rings. The van der Waals surface area contributed by atoms with E-state index >= 15 is 0 Å². The summed E-state index contributed by atoms with van der Waals surface area (Å²) in [7, 11) is 0. The Hall–Kier alpha value is -6.96. The van der Waals surface area contributed by atoms with Crippen LogP contribution in [0.1, 0.15) is 22.3 Å². The maximum absolute atomic E-state index is 2.46. The number of nitrogens with zero attached hydrogens (tertiary/aromatic N) is 1. The number of benzene rings is 9. The van der Waals surface area contributed by atoms with E-state index in [1.807, 2.05) is 0 Å². The van der Waals surface area contributed by atoms with Crippen molar-refractivity contribution < 1.29 is 0 Å². The summed E-state index contributed by atoms with van der Waals surface area (Å²) in [5.41, 5.74) is 15.4. The zero-order valence-corrected chi connectivity index (χ0v) is 29.8. The predicted molar refractivity (Wildman–Crippen MR) is 227 cm³/mol. The minimum atomic E-state index is -0.479. The molecule has 0 heterocycles. The SMILES string of the molecule is c1ccc(-c2cccc(-c3ccc(N(c4ccc5ccccc5c4)c4cccc5c4-c4ccccc4C5(c4ccccc4)c4ccccc4)cc3)c2)cc1. The Morgan fingerprint density at radius 3 is 1.54 bits per heavy atom. The van der Waals surface area contributed by atoms with E-state index in [9.17, 15) is 0 Å². The molecule has 9 aromatic carbocycles. The zero-order valence-electron chi connectivity index (χ0n) is 29.8. The predicted octanol–water partition coefficient (Wildman–Crippen LogP) is 14.0. The van der Waals surface area contributed by atoms with Gasteiger partial charge in [-0.1, -0.05) is 188 Å². The summed E-state index contributed by atoms with van der Waals surface area (Å²) >= 11 is 0. The first-order chi connectivity index (χ1) is 26.8. The van der Waals surface area contributed by atoms with Crippen molar-refractivity contribution in [2.75, 3.05) is 4.90 Å². The molecule has 9 aromatic rings. The fourth-order valence-electron chi connectivity index (χ4n) is 8.72. The summed E-state index contributed by atoms with van der Waals surface area (Å²) in [5, 5.41) is 2.44. The van der Waals surface area contributed by atoms with Crippen LogP contribution >= 0.6 is 0 Å². The standard InChI is InChI=1S/C53H37N/c1-4-16-38(17-5-1)41-20-14-21-42(36-41)40-30-33-46(34-31-40)54(47-35-32-39-18-10-11-19-43(39)37-47)51-29-15-28-50-52(51)48-26-12-13-27-49(48)53(50,44-22-6-2-7-23-44)45-24-8-3-9-25-45/h1-37H. The summed E-state index contributed by atoms with van der Waals surface area (Å²) in [4.78, 5) is 2.46. The van der Waals surface area contributed by atoms with Crippen LogP contribution in [0.3, 0.4) is 0 Å². The molecule has 0 amide bonds. The molecule has 0 N–H and O–H groups in total. The van der Waals surface area contributed by atoms with Gasteiger partial charge >= 0.3 is 0 Å². The molecule has 254 valence electrons. The lowest BCUT2D eigenvalue weighted by atomic mass is 9.68. The van der Waals surface area contributed by atoms with Gasteiger partial charge in [-0.05, 0) is 97.2 Å². The van der Waals surface area contributed by atoms with E-state index in [1.165, 1.54) is 66.4 Å². The highest BCUT2D eigenvalue weighted by molar-refractivity contribution is 5.99. The summed E-state index contributed by atoms with van der Waals surface area (Å²) in [6.07, 6.45) is 0. The van der Waals surface area contributed by atoms with Gasteiger partial charge in [0.15, 0.2) is 0 Å². The van der Waals surface area contributed by atoms with Crippen molar-refractivity contribution in [3.63, 3.8) is 0 Å². The Balaban J connectivity index is 1.19. The van der Waals surface area contributed by atoms with E-state index in [0.717, 1.165) is 17.1 Å². The quantitative estimate of drug-likeness (QED) is 0.161. The van der Waals surface area contributed by atoms with Gasteiger partial charge < -0.3 is 4.90 Å². The molecule has 0 saturated carbocycles. The summed E-state index contributed by atoms with van der Waals surface area (Å²) in [6.45, 7) is 0. The minimum Gasteiger partial charge on any atom is -0.310 e. The Morgan fingerprint density at radius 2 is 0.833 bits per heavy atom. The smallest absolute Gasteiger partial charge is 0.0714 e. The van der Waals surface area contributed by atoms with E-state index in [0.29, 0.717) is 0 Å². The highest BCUT2D eigenvalue weighted by Crippen LogP contribution is 2.59. The molecule has 0 aliphatic heterocycles. The van der Waals surface area contributed by atoms with Crippen molar-refractivity contribution in [3.05, 3.63) is 247 Å². The van der Waals surface area contributed by atoms with Crippen molar-refractivity contribution in [3.8, 4) is 33.4 Å². The molecule has 0 spiro atoms. The van der Waals surface area contributed by atoms with Crippen LogP contribution in [-0.2, 0) is 5.41 Å². The maximum Gasteiger partial charge on any atom is 0.0714 e. The first-order valence-electron chi connectivity index (χ1n) is 18.7. The van der Waals surface area contributed by atoms with Gasteiger partial charge in [0.1, 0.15) is 0 Å². The van der Waals surface area contributed by atoms with Crippen LogP contribution in [-0.4, -0.2) is 0 Å². The third kappa shape index (κ3) is 5.17. The van der Waals surface area contributed by atoms with Crippen LogP contribution in [0, 0.1) is 0 Å². The van der Waals surface area contributed by atoms with Gasteiger partial charge in [0.05, 0.1) is 11.1 Å². The van der Waals surface area contributed by atoms with Gasteiger partial charge in [-0.25, -0.2) is 0 Å². The molecule has 0 aromatic heterocycles. The van der Waals surface area contributed by atoms with E-state index in [-0.39, 0.29) is 0 Å². The molecule has 0 radical (unpaired) electrons. The van der Waals surface area contributed by atoms with Crippen molar-refractivity contribution in [2.24, 2.45) is 0 Å². The molecule has 1 aliphatic rings. The molecule has 1 aliphatic carbocycles. The lowest BCUT2D eigenvalue weighted by Gasteiger charge is -2.34. The van der Waals surface area contributed by atoms with Gasteiger partial charge in [-0.3, -0.25) is 0 Å². The number of anilines is 3. The average molecular weight is 688 g/mol. The monoisotopic (exact) mass is 687 g/mol. The van der Waals surface area contributed by atoms with Gasteiger partial charge in [-0.2, -0.15) is 0 Å². The first kappa shape index (κ1) is 31.7. The summed E-state index contributed by atoms with van der Waals surface area (Å²) in [6, 6.07) is 82.0. The third-order valence-electron chi connectivity index (χ3n) is 11.1. The maximum atomic E-state index is 2.46. The summed E-state index contributed by atoms with van der Waals surface area (Å²) in [5.74, 6) is 0. The number of rotatable bonds is 7.